The fraction of sp³-hybridized carbons (Fsp3) is 0.200. The summed E-state index contributed by atoms with van der Waals surface area (Å²) >= 11 is 0. The zero-order valence-electron chi connectivity index (χ0n) is 16.8. The Balaban J connectivity index is 1.86. The van der Waals surface area contributed by atoms with Gasteiger partial charge in [0.2, 0.25) is 11.8 Å². The molecule has 0 fully saturated rings. The highest BCUT2D eigenvalue weighted by atomic mass is 16.2. The average molecular weight is 386 g/mol. The fourth-order valence-corrected chi connectivity index (χ4v) is 3.28. The standard InChI is InChI=1S/C25H26N2O2/c1-19-13-15-22(16-14-19)24(26-20(2)28)17-25(29)27(23-11-7-4-8-12-23)18-21-9-5-3-6-10-21/h3-16,24H,17-18H2,1-2H3,(H,26,28). The highest BCUT2D eigenvalue weighted by Crippen LogP contribution is 2.23. The molecule has 0 aliphatic heterocycles. The minimum atomic E-state index is -0.373. The molecule has 0 spiro atoms. The van der Waals surface area contributed by atoms with Crippen molar-refractivity contribution in [3.63, 3.8) is 0 Å². The van der Waals surface area contributed by atoms with E-state index in [1.54, 1.807) is 4.90 Å². The minimum absolute atomic E-state index is 0.0422. The van der Waals surface area contributed by atoms with Gasteiger partial charge >= 0.3 is 0 Å². The molecule has 0 radical (unpaired) electrons. The van der Waals surface area contributed by atoms with Crippen LogP contribution in [-0.2, 0) is 16.1 Å². The van der Waals surface area contributed by atoms with Gasteiger partial charge in [0.25, 0.3) is 0 Å². The predicted octanol–water partition coefficient (Wildman–Crippen LogP) is 4.80. The van der Waals surface area contributed by atoms with Gasteiger partial charge in [-0.3, -0.25) is 9.59 Å². The minimum Gasteiger partial charge on any atom is -0.349 e. The lowest BCUT2D eigenvalue weighted by atomic mass is 10.0. The zero-order valence-corrected chi connectivity index (χ0v) is 16.8. The van der Waals surface area contributed by atoms with Gasteiger partial charge in [-0.15, -0.1) is 0 Å². The molecule has 0 aliphatic carbocycles. The van der Waals surface area contributed by atoms with Crippen LogP contribution in [0.5, 0.6) is 0 Å². The van der Waals surface area contributed by atoms with Crippen LogP contribution in [0.3, 0.4) is 0 Å². The summed E-state index contributed by atoms with van der Waals surface area (Å²) in [5, 5.41) is 2.93. The molecule has 1 unspecified atom stereocenters. The van der Waals surface area contributed by atoms with Crippen molar-refractivity contribution in [2.45, 2.75) is 32.9 Å². The molecular formula is C25H26N2O2. The maximum atomic E-state index is 13.4. The largest absolute Gasteiger partial charge is 0.349 e. The molecule has 4 heteroatoms. The van der Waals surface area contributed by atoms with Crippen molar-refractivity contribution in [2.75, 3.05) is 4.90 Å². The first-order valence-corrected chi connectivity index (χ1v) is 9.76. The first kappa shape index (κ1) is 20.3. The molecule has 3 rings (SSSR count). The molecule has 2 amide bonds. The molecular weight excluding hydrogens is 360 g/mol. The van der Waals surface area contributed by atoms with Crippen LogP contribution in [-0.4, -0.2) is 11.8 Å². The molecule has 1 N–H and O–H groups in total. The zero-order chi connectivity index (χ0) is 20.6. The number of aryl methyl sites for hydroxylation is 1. The molecule has 0 heterocycles. The molecule has 148 valence electrons. The number of rotatable bonds is 7. The third-order valence-electron chi connectivity index (χ3n) is 4.79. The van der Waals surface area contributed by atoms with E-state index in [2.05, 4.69) is 5.32 Å². The summed E-state index contributed by atoms with van der Waals surface area (Å²) in [6.07, 6.45) is 0.185. The van der Waals surface area contributed by atoms with Crippen LogP contribution in [0.1, 0.15) is 36.1 Å². The lowest BCUT2D eigenvalue weighted by molar-refractivity contribution is -0.121. The summed E-state index contributed by atoms with van der Waals surface area (Å²) in [6.45, 7) is 3.97. The number of nitrogens with one attached hydrogen (secondary N) is 1. The van der Waals surface area contributed by atoms with Gasteiger partial charge in [-0.05, 0) is 30.2 Å². The number of amides is 2. The van der Waals surface area contributed by atoms with E-state index in [4.69, 9.17) is 0 Å². The highest BCUT2D eigenvalue weighted by molar-refractivity contribution is 5.94. The monoisotopic (exact) mass is 386 g/mol. The SMILES string of the molecule is CC(=O)NC(CC(=O)N(Cc1ccccc1)c1ccccc1)c1ccc(C)cc1. The van der Waals surface area contributed by atoms with Crippen molar-refractivity contribution in [3.8, 4) is 0 Å². The van der Waals surface area contributed by atoms with Crippen molar-refractivity contribution < 1.29 is 9.59 Å². The third kappa shape index (κ3) is 5.79. The first-order valence-electron chi connectivity index (χ1n) is 9.76. The van der Waals surface area contributed by atoms with Gasteiger partial charge in [0, 0.05) is 12.6 Å². The number of carbonyl (C=O) groups is 2. The van der Waals surface area contributed by atoms with Crippen LogP contribution in [0.4, 0.5) is 5.69 Å². The molecule has 0 saturated heterocycles. The summed E-state index contributed by atoms with van der Waals surface area (Å²) in [4.78, 5) is 26.9. The quantitative estimate of drug-likeness (QED) is 0.634. The predicted molar refractivity (Wildman–Crippen MR) is 116 cm³/mol. The Labute approximate surface area is 172 Å². The van der Waals surface area contributed by atoms with Gasteiger partial charge < -0.3 is 10.2 Å². The summed E-state index contributed by atoms with van der Waals surface area (Å²) in [5.41, 5.74) is 3.95. The number of hydrogen-bond acceptors (Lipinski definition) is 2. The molecule has 3 aromatic rings. The lowest BCUT2D eigenvalue weighted by Gasteiger charge is -2.26. The summed E-state index contributed by atoms with van der Waals surface area (Å²) in [6, 6.07) is 27.1. The second kappa shape index (κ2) is 9.69. The van der Waals surface area contributed by atoms with Crippen LogP contribution in [0.15, 0.2) is 84.9 Å². The normalized spacial score (nSPS) is 11.5. The Morgan fingerprint density at radius 3 is 2.03 bits per heavy atom. The Morgan fingerprint density at radius 1 is 0.862 bits per heavy atom. The number of carbonyl (C=O) groups excluding carboxylic acids is 2. The molecule has 1 atom stereocenters. The maximum absolute atomic E-state index is 13.4. The number of anilines is 1. The van der Waals surface area contributed by atoms with Crippen molar-refractivity contribution in [2.24, 2.45) is 0 Å². The van der Waals surface area contributed by atoms with E-state index in [9.17, 15) is 9.59 Å². The molecule has 3 aromatic carbocycles. The number of benzene rings is 3. The first-order chi connectivity index (χ1) is 14.0. The van der Waals surface area contributed by atoms with Crippen LogP contribution in [0.25, 0.3) is 0 Å². The van der Waals surface area contributed by atoms with Gasteiger partial charge in [-0.1, -0.05) is 78.4 Å². The van der Waals surface area contributed by atoms with E-state index in [1.807, 2.05) is 91.9 Å². The Bertz CT molecular complexity index is 938. The fourth-order valence-electron chi connectivity index (χ4n) is 3.28. The smallest absolute Gasteiger partial charge is 0.229 e. The van der Waals surface area contributed by atoms with E-state index >= 15 is 0 Å². The molecule has 29 heavy (non-hydrogen) atoms. The molecule has 0 saturated carbocycles. The van der Waals surface area contributed by atoms with Crippen LogP contribution < -0.4 is 10.2 Å². The summed E-state index contributed by atoms with van der Waals surface area (Å²) in [7, 11) is 0. The molecule has 0 aromatic heterocycles. The Morgan fingerprint density at radius 2 is 1.45 bits per heavy atom. The third-order valence-corrected chi connectivity index (χ3v) is 4.79. The van der Waals surface area contributed by atoms with E-state index in [1.165, 1.54) is 6.92 Å². The van der Waals surface area contributed by atoms with E-state index in [0.717, 1.165) is 22.4 Å². The summed E-state index contributed by atoms with van der Waals surface area (Å²) < 4.78 is 0. The van der Waals surface area contributed by atoms with Gasteiger partial charge in [0.05, 0.1) is 19.0 Å². The Kier molecular flexibility index (Phi) is 6.80. The Hall–Kier alpha value is -3.40. The van der Waals surface area contributed by atoms with Crippen LogP contribution >= 0.6 is 0 Å². The van der Waals surface area contributed by atoms with Gasteiger partial charge in [0.15, 0.2) is 0 Å². The number of para-hydroxylation sites is 1. The van der Waals surface area contributed by atoms with Gasteiger partial charge in [0.1, 0.15) is 0 Å². The van der Waals surface area contributed by atoms with Crippen molar-refractivity contribution in [3.05, 3.63) is 102 Å². The second-order valence-corrected chi connectivity index (χ2v) is 7.17. The molecule has 0 aliphatic rings. The van der Waals surface area contributed by atoms with E-state index in [-0.39, 0.29) is 24.3 Å². The van der Waals surface area contributed by atoms with Gasteiger partial charge in [-0.2, -0.15) is 0 Å². The number of hydrogen-bond donors (Lipinski definition) is 1. The molecule has 0 bridgehead atoms. The average Bonchev–Trinajstić information content (AvgIpc) is 2.73. The van der Waals surface area contributed by atoms with Crippen LogP contribution in [0.2, 0.25) is 0 Å². The van der Waals surface area contributed by atoms with Crippen LogP contribution in [0, 0.1) is 6.92 Å². The highest BCUT2D eigenvalue weighted by Gasteiger charge is 2.22. The molecule has 4 nitrogen and oxygen atoms in total. The lowest BCUT2D eigenvalue weighted by Crippen LogP contribution is -2.35. The summed E-state index contributed by atoms with van der Waals surface area (Å²) in [5.74, 6) is -0.197. The second-order valence-electron chi connectivity index (χ2n) is 7.17. The topological polar surface area (TPSA) is 49.4 Å². The number of nitrogens with zero attached hydrogens (tertiary/aromatic N) is 1. The van der Waals surface area contributed by atoms with Gasteiger partial charge in [-0.25, -0.2) is 0 Å². The van der Waals surface area contributed by atoms with Crippen molar-refractivity contribution in [1.29, 1.82) is 0 Å². The van der Waals surface area contributed by atoms with Crippen molar-refractivity contribution in [1.82, 2.24) is 5.32 Å². The maximum Gasteiger partial charge on any atom is 0.229 e. The van der Waals surface area contributed by atoms with E-state index in [0.29, 0.717) is 6.54 Å². The van der Waals surface area contributed by atoms with E-state index < -0.39 is 0 Å². The van der Waals surface area contributed by atoms with Crippen molar-refractivity contribution >= 4 is 17.5 Å².